The molecule has 24 heavy (non-hydrogen) atoms. The Morgan fingerprint density at radius 3 is 2.46 bits per heavy atom. The molecular weight excluding hydrogens is 316 g/mol. The first-order valence-electron chi connectivity index (χ1n) is 7.86. The number of fused-ring (bicyclic) bond motifs is 4. The Bertz CT molecular complexity index is 1210. The van der Waals surface area contributed by atoms with Crippen LogP contribution in [0.5, 0.6) is 0 Å². The highest BCUT2D eigenvalue weighted by molar-refractivity contribution is 6.35. The molecule has 0 aliphatic heterocycles. The van der Waals surface area contributed by atoms with Crippen molar-refractivity contribution in [2.75, 3.05) is 0 Å². The number of benzene rings is 3. The molecule has 0 spiro atoms. The van der Waals surface area contributed by atoms with E-state index >= 15 is 0 Å². The molecule has 0 unspecified atom stereocenters. The van der Waals surface area contributed by atoms with Crippen LogP contribution in [0.2, 0.25) is 5.02 Å². The van der Waals surface area contributed by atoms with Crippen LogP contribution in [0.3, 0.4) is 0 Å². The first kappa shape index (κ1) is 13.6. The highest BCUT2D eigenvalue weighted by Gasteiger charge is 2.10. The maximum Gasteiger partial charge on any atom is 0.0965 e. The molecule has 3 heteroatoms. The molecular formula is C21H13ClN2. The summed E-state index contributed by atoms with van der Waals surface area (Å²) in [5, 5.41) is 2.83. The van der Waals surface area contributed by atoms with Gasteiger partial charge in [-0.15, -0.1) is 0 Å². The average Bonchev–Trinajstić information content (AvgIpc) is 2.98. The van der Waals surface area contributed by atoms with Crippen LogP contribution in [0.4, 0.5) is 0 Å². The molecule has 5 aromatic rings. The normalized spacial score (nSPS) is 11.5. The molecule has 2 nitrogen and oxygen atoms in total. The van der Waals surface area contributed by atoms with E-state index in [1.165, 1.54) is 11.1 Å². The summed E-state index contributed by atoms with van der Waals surface area (Å²) in [5.74, 6) is 0. The van der Waals surface area contributed by atoms with Crippen LogP contribution in [0, 0.1) is 0 Å². The number of nitrogens with one attached hydrogen (secondary N) is 1. The Balaban J connectivity index is 1.84. The number of rotatable bonds is 1. The van der Waals surface area contributed by atoms with Gasteiger partial charge in [-0.1, -0.05) is 54.1 Å². The van der Waals surface area contributed by atoms with Crippen molar-refractivity contribution in [1.82, 2.24) is 9.97 Å². The standard InChI is InChI=1S/C21H13ClN2/c22-17-7-4-8-18-15(17)12-20-21(24-18)16-11-14(9-10-19(16)23-20)13-5-2-1-3-6-13/h1-12,23H. The lowest BCUT2D eigenvalue weighted by molar-refractivity contribution is 1.49. The van der Waals surface area contributed by atoms with Crippen LogP contribution in [0.15, 0.2) is 72.8 Å². The Morgan fingerprint density at radius 1 is 0.708 bits per heavy atom. The number of hydrogen-bond donors (Lipinski definition) is 1. The monoisotopic (exact) mass is 328 g/mol. The van der Waals surface area contributed by atoms with E-state index < -0.39 is 0 Å². The van der Waals surface area contributed by atoms with Crippen molar-refractivity contribution in [2.45, 2.75) is 0 Å². The quantitative estimate of drug-likeness (QED) is 0.390. The second-order valence-corrected chi connectivity index (χ2v) is 6.35. The van der Waals surface area contributed by atoms with E-state index in [0.717, 1.165) is 37.9 Å². The molecule has 0 saturated heterocycles. The lowest BCUT2D eigenvalue weighted by Gasteiger charge is -2.02. The van der Waals surface area contributed by atoms with Crippen LogP contribution in [0.25, 0.3) is 44.0 Å². The fourth-order valence-corrected chi connectivity index (χ4v) is 3.49. The molecule has 2 heterocycles. The first-order valence-corrected chi connectivity index (χ1v) is 8.23. The maximum absolute atomic E-state index is 6.31. The minimum absolute atomic E-state index is 0.727. The van der Waals surface area contributed by atoms with Crippen LogP contribution < -0.4 is 0 Å². The number of aromatic nitrogens is 2. The van der Waals surface area contributed by atoms with E-state index in [-0.39, 0.29) is 0 Å². The van der Waals surface area contributed by atoms with Crippen molar-refractivity contribution in [3.05, 3.63) is 77.8 Å². The van der Waals surface area contributed by atoms with Gasteiger partial charge in [0.1, 0.15) is 0 Å². The first-order chi connectivity index (χ1) is 11.8. The largest absolute Gasteiger partial charge is 0.353 e. The maximum atomic E-state index is 6.31. The van der Waals surface area contributed by atoms with Crippen molar-refractivity contribution in [2.24, 2.45) is 0 Å². The van der Waals surface area contributed by atoms with Crippen LogP contribution in [0.1, 0.15) is 0 Å². The van der Waals surface area contributed by atoms with Gasteiger partial charge in [0.2, 0.25) is 0 Å². The molecule has 0 aliphatic rings. The predicted octanol–water partition coefficient (Wildman–Crippen LogP) is 6.19. The van der Waals surface area contributed by atoms with Crippen molar-refractivity contribution in [3.8, 4) is 11.1 Å². The van der Waals surface area contributed by atoms with Crippen LogP contribution >= 0.6 is 11.6 Å². The Hall–Kier alpha value is -2.84. The number of hydrogen-bond acceptors (Lipinski definition) is 1. The summed E-state index contributed by atoms with van der Waals surface area (Å²) in [6.45, 7) is 0. The smallest absolute Gasteiger partial charge is 0.0965 e. The number of nitrogens with zero attached hydrogens (tertiary/aromatic N) is 1. The molecule has 1 N–H and O–H groups in total. The molecule has 0 atom stereocenters. The number of H-pyrrole nitrogens is 1. The predicted molar refractivity (Wildman–Crippen MR) is 102 cm³/mol. The highest BCUT2D eigenvalue weighted by Crippen LogP contribution is 2.32. The summed E-state index contributed by atoms with van der Waals surface area (Å²) >= 11 is 6.31. The van der Waals surface area contributed by atoms with Crippen molar-refractivity contribution < 1.29 is 0 Å². The van der Waals surface area contributed by atoms with Gasteiger partial charge in [-0.2, -0.15) is 0 Å². The van der Waals surface area contributed by atoms with Gasteiger partial charge >= 0.3 is 0 Å². The molecule has 0 amide bonds. The van der Waals surface area contributed by atoms with E-state index in [2.05, 4.69) is 53.5 Å². The zero-order chi connectivity index (χ0) is 16.1. The molecule has 3 aromatic carbocycles. The fourth-order valence-electron chi connectivity index (χ4n) is 3.26. The van der Waals surface area contributed by atoms with Gasteiger partial charge in [0.25, 0.3) is 0 Å². The Morgan fingerprint density at radius 2 is 1.58 bits per heavy atom. The lowest BCUT2D eigenvalue weighted by atomic mass is 10.0. The van der Waals surface area contributed by atoms with E-state index in [4.69, 9.17) is 16.6 Å². The molecule has 0 radical (unpaired) electrons. The topological polar surface area (TPSA) is 28.7 Å². The molecule has 5 rings (SSSR count). The van der Waals surface area contributed by atoms with Gasteiger partial charge in [0.05, 0.1) is 21.6 Å². The second kappa shape index (κ2) is 5.08. The zero-order valence-corrected chi connectivity index (χ0v) is 13.5. The number of aromatic amines is 1. The number of pyridine rings is 1. The summed E-state index contributed by atoms with van der Waals surface area (Å²) in [7, 11) is 0. The number of halogens is 1. The van der Waals surface area contributed by atoms with Gasteiger partial charge in [-0.25, -0.2) is 4.98 Å². The van der Waals surface area contributed by atoms with Gasteiger partial charge in [0.15, 0.2) is 0 Å². The van der Waals surface area contributed by atoms with Gasteiger partial charge in [-0.05, 0) is 41.5 Å². The third-order valence-corrected chi connectivity index (χ3v) is 4.79. The molecule has 0 saturated carbocycles. The van der Waals surface area contributed by atoms with E-state index in [9.17, 15) is 0 Å². The van der Waals surface area contributed by atoms with Crippen LogP contribution in [-0.2, 0) is 0 Å². The minimum atomic E-state index is 0.727. The SMILES string of the molecule is Clc1cccc2nc3c(cc12)[nH]c1ccc(-c2ccccc2)cc13. The summed E-state index contributed by atoms with van der Waals surface area (Å²) in [4.78, 5) is 8.30. The van der Waals surface area contributed by atoms with E-state index in [0.29, 0.717) is 0 Å². The lowest BCUT2D eigenvalue weighted by Crippen LogP contribution is -1.81. The molecule has 0 fully saturated rings. The molecule has 2 aromatic heterocycles. The summed E-state index contributed by atoms with van der Waals surface area (Å²) < 4.78 is 0. The zero-order valence-electron chi connectivity index (χ0n) is 12.8. The van der Waals surface area contributed by atoms with Crippen molar-refractivity contribution in [3.63, 3.8) is 0 Å². The third-order valence-electron chi connectivity index (χ3n) is 4.46. The average molecular weight is 329 g/mol. The van der Waals surface area contributed by atoms with Gasteiger partial charge in [-0.3, -0.25) is 0 Å². The van der Waals surface area contributed by atoms with Crippen molar-refractivity contribution >= 4 is 44.4 Å². The molecule has 114 valence electrons. The summed E-state index contributed by atoms with van der Waals surface area (Å²) in [6.07, 6.45) is 0. The minimum Gasteiger partial charge on any atom is -0.353 e. The van der Waals surface area contributed by atoms with Gasteiger partial charge < -0.3 is 4.98 Å². The van der Waals surface area contributed by atoms with Gasteiger partial charge in [0, 0.05) is 16.3 Å². The fraction of sp³-hybridized carbons (Fsp3) is 0. The van der Waals surface area contributed by atoms with E-state index in [1.54, 1.807) is 0 Å². The van der Waals surface area contributed by atoms with Crippen LogP contribution in [-0.4, -0.2) is 9.97 Å². The summed E-state index contributed by atoms with van der Waals surface area (Å²) in [6, 6.07) is 24.8. The summed E-state index contributed by atoms with van der Waals surface area (Å²) in [5.41, 5.74) is 6.40. The third kappa shape index (κ3) is 2.00. The second-order valence-electron chi connectivity index (χ2n) is 5.94. The van der Waals surface area contributed by atoms with Crippen molar-refractivity contribution in [1.29, 1.82) is 0 Å². The van der Waals surface area contributed by atoms with E-state index in [1.807, 2.05) is 24.3 Å². The highest BCUT2D eigenvalue weighted by atomic mass is 35.5. The molecule has 0 bridgehead atoms. The Labute approximate surface area is 143 Å². The Kier molecular flexibility index (Phi) is 2.88. The molecule has 0 aliphatic carbocycles.